The number of pyridine rings is 1. The van der Waals surface area contributed by atoms with Gasteiger partial charge in [0.1, 0.15) is 17.2 Å². The minimum Gasteiger partial charge on any atom is -0.369 e. The molecule has 0 saturated carbocycles. The predicted octanol–water partition coefficient (Wildman–Crippen LogP) is 4.00. The minimum atomic E-state index is -0.671. The third-order valence-corrected chi connectivity index (χ3v) is 4.29. The van der Waals surface area contributed by atoms with Gasteiger partial charge in [0.15, 0.2) is 5.65 Å². The van der Waals surface area contributed by atoms with Gasteiger partial charge in [-0.25, -0.2) is 18.7 Å². The zero-order chi connectivity index (χ0) is 19.1. The van der Waals surface area contributed by atoms with E-state index in [4.69, 9.17) is 5.73 Å². The van der Waals surface area contributed by atoms with E-state index in [0.29, 0.717) is 46.5 Å². The van der Waals surface area contributed by atoms with Gasteiger partial charge in [-0.1, -0.05) is 13.8 Å². The van der Waals surface area contributed by atoms with Crippen LogP contribution in [0.1, 0.15) is 13.8 Å². The van der Waals surface area contributed by atoms with E-state index in [0.717, 1.165) is 6.07 Å². The van der Waals surface area contributed by atoms with Gasteiger partial charge in [-0.15, -0.1) is 0 Å². The number of halogens is 2. The Labute approximate surface area is 154 Å². The van der Waals surface area contributed by atoms with Crippen LogP contribution in [0.5, 0.6) is 0 Å². The van der Waals surface area contributed by atoms with Gasteiger partial charge in [-0.3, -0.25) is 9.67 Å². The molecule has 6 nitrogen and oxygen atoms in total. The summed E-state index contributed by atoms with van der Waals surface area (Å²) in [7, 11) is 0. The number of nitrogens with zero attached hydrogens (tertiary/aromatic N) is 4. The largest absolute Gasteiger partial charge is 0.369 e. The van der Waals surface area contributed by atoms with Gasteiger partial charge in [-0.2, -0.15) is 5.10 Å². The summed E-state index contributed by atoms with van der Waals surface area (Å²) in [6, 6.07) is 7.03. The Morgan fingerprint density at radius 1 is 1.11 bits per heavy atom. The van der Waals surface area contributed by atoms with Gasteiger partial charge < -0.3 is 5.73 Å². The van der Waals surface area contributed by atoms with Crippen molar-refractivity contribution in [3.8, 4) is 22.5 Å². The maximum Gasteiger partial charge on any atom is 0.202 e. The Balaban J connectivity index is 1.85. The summed E-state index contributed by atoms with van der Waals surface area (Å²) in [5, 5.41) is 6.80. The number of benzene rings is 1. The van der Waals surface area contributed by atoms with Crippen molar-refractivity contribution in [3.63, 3.8) is 0 Å². The first-order chi connectivity index (χ1) is 12.9. The summed E-state index contributed by atoms with van der Waals surface area (Å²) in [6.07, 6.45) is 1.57. The second kappa shape index (κ2) is 6.46. The Bertz CT molecular complexity index is 1130. The molecule has 0 atom stereocenters. The molecular weight excluding hydrogens is 350 g/mol. The number of fused-ring (bicyclic) bond motifs is 1. The lowest BCUT2D eigenvalue weighted by Gasteiger charge is -2.09. The highest BCUT2D eigenvalue weighted by Crippen LogP contribution is 2.32. The second-order valence-corrected chi connectivity index (χ2v) is 6.80. The lowest BCUT2D eigenvalue weighted by molar-refractivity contribution is 0.535. The van der Waals surface area contributed by atoms with Crippen LogP contribution >= 0.6 is 0 Å². The summed E-state index contributed by atoms with van der Waals surface area (Å²) in [4.78, 5) is 9.03. The van der Waals surface area contributed by atoms with Crippen LogP contribution in [0.3, 0.4) is 0 Å². The third-order valence-electron chi connectivity index (χ3n) is 4.29. The lowest BCUT2D eigenvalue weighted by Crippen LogP contribution is -2.08. The molecule has 0 spiro atoms. The van der Waals surface area contributed by atoms with Crippen molar-refractivity contribution in [2.24, 2.45) is 5.92 Å². The molecule has 4 rings (SSSR count). The van der Waals surface area contributed by atoms with Gasteiger partial charge in [0.25, 0.3) is 0 Å². The Morgan fingerprint density at radius 2 is 1.93 bits per heavy atom. The maximum atomic E-state index is 14.2. The fourth-order valence-electron chi connectivity index (χ4n) is 3.09. The van der Waals surface area contributed by atoms with E-state index in [1.807, 2.05) is 10.6 Å². The molecule has 1 aromatic carbocycles. The van der Waals surface area contributed by atoms with Crippen molar-refractivity contribution in [1.29, 1.82) is 0 Å². The molecule has 0 saturated heterocycles. The van der Waals surface area contributed by atoms with Crippen molar-refractivity contribution < 1.29 is 8.78 Å². The Hall–Kier alpha value is -3.29. The number of imidazole rings is 1. The Kier molecular flexibility index (Phi) is 4.10. The summed E-state index contributed by atoms with van der Waals surface area (Å²) in [6.45, 7) is 4.85. The molecule has 27 heavy (non-hydrogen) atoms. The smallest absolute Gasteiger partial charge is 0.202 e. The zero-order valence-electron chi connectivity index (χ0n) is 14.9. The molecule has 0 radical (unpaired) electrons. The Morgan fingerprint density at radius 3 is 2.67 bits per heavy atom. The molecule has 0 aliphatic carbocycles. The molecule has 3 N–H and O–H groups in total. The average molecular weight is 368 g/mol. The van der Waals surface area contributed by atoms with Gasteiger partial charge in [0.2, 0.25) is 5.95 Å². The number of aromatic amines is 1. The van der Waals surface area contributed by atoms with Crippen LogP contribution in [0.4, 0.5) is 14.7 Å². The molecule has 0 bridgehead atoms. The number of nitrogen functional groups attached to an aromatic ring is 1. The molecule has 0 amide bonds. The van der Waals surface area contributed by atoms with Crippen LogP contribution in [0.25, 0.3) is 33.7 Å². The van der Waals surface area contributed by atoms with Crippen molar-refractivity contribution in [3.05, 3.63) is 48.2 Å². The highest BCUT2D eigenvalue weighted by atomic mass is 19.1. The van der Waals surface area contributed by atoms with Gasteiger partial charge in [0, 0.05) is 23.7 Å². The summed E-state index contributed by atoms with van der Waals surface area (Å²) in [5.74, 6) is -0.533. The first kappa shape index (κ1) is 17.1. The van der Waals surface area contributed by atoms with Crippen LogP contribution in [0.15, 0.2) is 36.5 Å². The molecule has 3 heterocycles. The van der Waals surface area contributed by atoms with Gasteiger partial charge >= 0.3 is 0 Å². The van der Waals surface area contributed by atoms with E-state index in [1.165, 1.54) is 12.1 Å². The van der Waals surface area contributed by atoms with Crippen molar-refractivity contribution in [2.75, 3.05) is 5.73 Å². The van der Waals surface area contributed by atoms with Crippen molar-refractivity contribution >= 4 is 17.1 Å². The minimum absolute atomic E-state index is 0.223. The van der Waals surface area contributed by atoms with Crippen LogP contribution < -0.4 is 5.73 Å². The zero-order valence-corrected chi connectivity index (χ0v) is 14.9. The number of rotatable bonds is 4. The van der Waals surface area contributed by atoms with Crippen LogP contribution in [0, 0.1) is 17.6 Å². The topological polar surface area (TPSA) is 85.4 Å². The second-order valence-electron chi connectivity index (χ2n) is 6.80. The average Bonchev–Trinajstić information content (AvgIpc) is 3.20. The maximum absolute atomic E-state index is 14.2. The van der Waals surface area contributed by atoms with E-state index < -0.39 is 11.6 Å². The fourth-order valence-corrected chi connectivity index (χ4v) is 3.09. The number of anilines is 1. The molecule has 8 heteroatoms. The first-order valence-electron chi connectivity index (χ1n) is 8.56. The molecular formula is C19H18F2N6. The standard InChI is InChI=1S/C19H18F2N6/c1-10(2)9-27-18-16(25-19(27)22)6-5-15(24-18)13-8-23-26-17(13)12-4-3-11(20)7-14(12)21/h3-8,10H,9H2,1-2H3,(H2,22,25)(H,23,26). The molecule has 138 valence electrons. The number of aromatic nitrogens is 5. The number of hydrogen-bond donors (Lipinski definition) is 2. The summed E-state index contributed by atoms with van der Waals surface area (Å²) >= 11 is 0. The monoisotopic (exact) mass is 368 g/mol. The molecule has 0 fully saturated rings. The fraction of sp³-hybridized carbons (Fsp3) is 0.211. The number of H-pyrrole nitrogens is 1. The normalized spacial score (nSPS) is 11.6. The van der Waals surface area contributed by atoms with E-state index in [9.17, 15) is 8.78 Å². The van der Waals surface area contributed by atoms with E-state index in [2.05, 4.69) is 34.0 Å². The summed E-state index contributed by atoms with van der Waals surface area (Å²) < 4.78 is 29.3. The van der Waals surface area contributed by atoms with Crippen molar-refractivity contribution in [1.82, 2.24) is 24.7 Å². The van der Waals surface area contributed by atoms with Crippen LogP contribution in [-0.4, -0.2) is 24.7 Å². The van der Waals surface area contributed by atoms with E-state index >= 15 is 0 Å². The molecule has 4 aromatic rings. The quantitative estimate of drug-likeness (QED) is 0.570. The molecule has 0 unspecified atom stereocenters. The van der Waals surface area contributed by atoms with E-state index in [-0.39, 0.29) is 5.56 Å². The van der Waals surface area contributed by atoms with E-state index in [1.54, 1.807) is 12.3 Å². The lowest BCUT2D eigenvalue weighted by atomic mass is 10.0. The highest BCUT2D eigenvalue weighted by molar-refractivity contribution is 5.83. The predicted molar refractivity (Wildman–Crippen MR) is 99.7 cm³/mol. The third kappa shape index (κ3) is 3.03. The summed E-state index contributed by atoms with van der Waals surface area (Å²) in [5.41, 5.74) is 9.24. The van der Waals surface area contributed by atoms with Crippen LogP contribution in [-0.2, 0) is 6.54 Å². The van der Waals surface area contributed by atoms with Crippen LogP contribution in [0.2, 0.25) is 0 Å². The number of nitrogens with one attached hydrogen (secondary N) is 1. The molecule has 0 aliphatic rings. The molecule has 0 aliphatic heterocycles. The highest BCUT2D eigenvalue weighted by Gasteiger charge is 2.17. The first-order valence-corrected chi connectivity index (χ1v) is 8.56. The van der Waals surface area contributed by atoms with Crippen molar-refractivity contribution in [2.45, 2.75) is 20.4 Å². The number of hydrogen-bond acceptors (Lipinski definition) is 4. The molecule has 3 aromatic heterocycles. The number of nitrogens with two attached hydrogens (primary N) is 1. The SMILES string of the molecule is CC(C)Cn1c(N)nc2ccc(-c3cn[nH]c3-c3ccc(F)cc3F)nc21. The van der Waals surface area contributed by atoms with Gasteiger partial charge in [0.05, 0.1) is 17.6 Å². The van der Waals surface area contributed by atoms with Gasteiger partial charge in [-0.05, 0) is 30.2 Å².